The number of ether oxygens (including phenoxy) is 1. The van der Waals surface area contributed by atoms with Gasteiger partial charge in [-0.2, -0.15) is 5.10 Å². The zero-order valence-electron chi connectivity index (χ0n) is 13.9. The SMILES string of the molecule is COC(=O)c1oc(CN2CCC(c3cnn(C)c3)CC2)cc1C. The van der Waals surface area contributed by atoms with E-state index in [0.29, 0.717) is 11.7 Å². The molecule has 0 aromatic carbocycles. The number of carbonyl (C=O) groups excluding carboxylic acids is 1. The molecule has 1 saturated heterocycles. The quantitative estimate of drug-likeness (QED) is 0.811. The van der Waals surface area contributed by atoms with Gasteiger partial charge in [0.1, 0.15) is 5.76 Å². The maximum Gasteiger partial charge on any atom is 0.374 e. The van der Waals surface area contributed by atoms with E-state index < -0.39 is 5.97 Å². The van der Waals surface area contributed by atoms with E-state index in [4.69, 9.17) is 9.15 Å². The lowest BCUT2D eigenvalue weighted by molar-refractivity contribution is 0.0559. The number of hydrogen-bond donors (Lipinski definition) is 0. The molecule has 2 aromatic rings. The smallest absolute Gasteiger partial charge is 0.374 e. The molecule has 1 aliphatic rings. The van der Waals surface area contributed by atoms with Crippen molar-refractivity contribution in [1.82, 2.24) is 14.7 Å². The highest BCUT2D eigenvalue weighted by molar-refractivity contribution is 5.87. The molecule has 0 unspecified atom stereocenters. The number of carbonyl (C=O) groups is 1. The number of furan rings is 1. The van der Waals surface area contributed by atoms with Gasteiger partial charge in [0.25, 0.3) is 0 Å². The summed E-state index contributed by atoms with van der Waals surface area (Å²) >= 11 is 0. The van der Waals surface area contributed by atoms with Crippen LogP contribution in [0.1, 0.15) is 46.2 Å². The van der Waals surface area contributed by atoms with Crippen molar-refractivity contribution >= 4 is 5.97 Å². The van der Waals surface area contributed by atoms with E-state index in [1.807, 2.05) is 30.9 Å². The average molecular weight is 317 g/mol. The normalized spacial score (nSPS) is 16.7. The summed E-state index contributed by atoms with van der Waals surface area (Å²) in [7, 11) is 3.32. The summed E-state index contributed by atoms with van der Waals surface area (Å²) < 4.78 is 12.2. The topological polar surface area (TPSA) is 60.5 Å². The molecule has 3 rings (SSSR count). The van der Waals surface area contributed by atoms with E-state index in [-0.39, 0.29) is 0 Å². The number of rotatable bonds is 4. The number of esters is 1. The first-order chi connectivity index (χ1) is 11.1. The van der Waals surface area contributed by atoms with Crippen LogP contribution in [-0.4, -0.2) is 40.8 Å². The van der Waals surface area contributed by atoms with Crippen LogP contribution in [0.5, 0.6) is 0 Å². The number of likely N-dealkylation sites (tertiary alicyclic amines) is 1. The van der Waals surface area contributed by atoms with Crippen LogP contribution in [0.25, 0.3) is 0 Å². The van der Waals surface area contributed by atoms with Gasteiger partial charge in [-0.15, -0.1) is 0 Å². The second-order valence-corrected chi connectivity index (χ2v) is 6.21. The summed E-state index contributed by atoms with van der Waals surface area (Å²) in [5, 5.41) is 4.26. The lowest BCUT2D eigenvalue weighted by Gasteiger charge is -2.30. The van der Waals surface area contributed by atoms with Crippen LogP contribution in [0.3, 0.4) is 0 Å². The molecule has 0 N–H and O–H groups in total. The second-order valence-electron chi connectivity index (χ2n) is 6.21. The van der Waals surface area contributed by atoms with Gasteiger partial charge in [0.05, 0.1) is 19.9 Å². The minimum atomic E-state index is -0.413. The van der Waals surface area contributed by atoms with Crippen LogP contribution in [0.2, 0.25) is 0 Å². The molecule has 0 amide bonds. The third kappa shape index (κ3) is 3.47. The van der Waals surface area contributed by atoms with Gasteiger partial charge in [-0.3, -0.25) is 9.58 Å². The molecule has 124 valence electrons. The minimum Gasteiger partial charge on any atom is -0.463 e. The Labute approximate surface area is 136 Å². The second kappa shape index (κ2) is 6.58. The van der Waals surface area contributed by atoms with Crippen LogP contribution in [0.4, 0.5) is 0 Å². The molecule has 0 bridgehead atoms. The van der Waals surface area contributed by atoms with Crippen molar-refractivity contribution in [2.45, 2.75) is 32.2 Å². The molecule has 0 saturated carbocycles. The van der Waals surface area contributed by atoms with E-state index in [1.165, 1.54) is 12.7 Å². The van der Waals surface area contributed by atoms with Gasteiger partial charge >= 0.3 is 5.97 Å². The lowest BCUT2D eigenvalue weighted by atomic mass is 9.91. The highest BCUT2D eigenvalue weighted by Gasteiger charge is 2.23. The molecule has 0 atom stereocenters. The number of nitrogens with zero attached hydrogens (tertiary/aromatic N) is 3. The van der Waals surface area contributed by atoms with Gasteiger partial charge in [0, 0.05) is 18.8 Å². The van der Waals surface area contributed by atoms with Crippen LogP contribution in [0.15, 0.2) is 22.9 Å². The summed E-state index contributed by atoms with van der Waals surface area (Å²) in [6.45, 7) is 4.64. The van der Waals surface area contributed by atoms with Crippen molar-refractivity contribution in [3.8, 4) is 0 Å². The Bertz CT molecular complexity index is 681. The Morgan fingerprint density at radius 1 is 1.43 bits per heavy atom. The van der Waals surface area contributed by atoms with Crippen molar-refractivity contribution < 1.29 is 13.9 Å². The number of hydrogen-bond acceptors (Lipinski definition) is 5. The van der Waals surface area contributed by atoms with Crippen LogP contribution in [0, 0.1) is 6.92 Å². The minimum absolute atomic E-state index is 0.313. The van der Waals surface area contributed by atoms with Gasteiger partial charge in [-0.25, -0.2) is 4.79 Å². The molecule has 0 radical (unpaired) electrons. The van der Waals surface area contributed by atoms with Crippen molar-refractivity contribution in [3.05, 3.63) is 41.1 Å². The van der Waals surface area contributed by atoms with Crippen LogP contribution in [-0.2, 0) is 18.3 Å². The lowest BCUT2D eigenvalue weighted by Crippen LogP contribution is -2.32. The Kier molecular flexibility index (Phi) is 4.52. The first-order valence-corrected chi connectivity index (χ1v) is 7.95. The van der Waals surface area contributed by atoms with Gasteiger partial charge in [-0.1, -0.05) is 0 Å². The molecular formula is C17H23N3O3. The number of methoxy groups -OCH3 is 1. The van der Waals surface area contributed by atoms with E-state index in [0.717, 1.165) is 43.8 Å². The maximum absolute atomic E-state index is 11.6. The Morgan fingerprint density at radius 3 is 2.78 bits per heavy atom. The molecular weight excluding hydrogens is 294 g/mol. The zero-order chi connectivity index (χ0) is 16.4. The highest BCUT2D eigenvalue weighted by atomic mass is 16.5. The van der Waals surface area contributed by atoms with Crippen LogP contribution < -0.4 is 0 Å². The highest BCUT2D eigenvalue weighted by Crippen LogP contribution is 2.28. The first kappa shape index (κ1) is 15.8. The summed E-state index contributed by atoms with van der Waals surface area (Å²) in [5.41, 5.74) is 2.16. The fourth-order valence-corrected chi connectivity index (χ4v) is 3.22. The molecule has 23 heavy (non-hydrogen) atoms. The van der Waals surface area contributed by atoms with Crippen molar-refractivity contribution in [2.75, 3.05) is 20.2 Å². The summed E-state index contributed by atoms with van der Waals surface area (Å²) in [5.74, 6) is 1.31. The number of aromatic nitrogens is 2. The van der Waals surface area contributed by atoms with Crippen molar-refractivity contribution in [2.24, 2.45) is 7.05 Å². The molecule has 2 aromatic heterocycles. The summed E-state index contributed by atoms with van der Waals surface area (Å²) in [6, 6.07) is 1.93. The predicted octanol–water partition coefficient (Wildman–Crippen LogP) is 2.49. The van der Waals surface area contributed by atoms with Gasteiger partial charge in [0.2, 0.25) is 5.76 Å². The standard InChI is InChI=1S/C17H23N3O3/c1-12-8-15(23-16(12)17(21)22-3)11-20-6-4-13(5-7-20)14-9-18-19(2)10-14/h8-10,13H,4-7,11H2,1-3H3. The number of aryl methyl sites for hydroxylation is 2. The predicted molar refractivity (Wildman–Crippen MR) is 85.2 cm³/mol. The molecule has 6 nitrogen and oxygen atoms in total. The Morgan fingerprint density at radius 2 is 2.17 bits per heavy atom. The van der Waals surface area contributed by atoms with E-state index in [2.05, 4.69) is 16.2 Å². The number of piperidine rings is 1. The molecule has 1 aliphatic heterocycles. The Balaban J connectivity index is 1.57. The van der Waals surface area contributed by atoms with Crippen LogP contribution >= 0.6 is 0 Å². The molecule has 3 heterocycles. The third-order valence-electron chi connectivity index (χ3n) is 4.50. The van der Waals surface area contributed by atoms with Gasteiger partial charge < -0.3 is 9.15 Å². The van der Waals surface area contributed by atoms with E-state index in [1.54, 1.807) is 0 Å². The van der Waals surface area contributed by atoms with Gasteiger partial charge in [-0.05, 0) is 50.4 Å². The third-order valence-corrected chi connectivity index (χ3v) is 4.50. The average Bonchev–Trinajstić information content (AvgIpc) is 3.13. The molecule has 0 aliphatic carbocycles. The van der Waals surface area contributed by atoms with E-state index >= 15 is 0 Å². The van der Waals surface area contributed by atoms with Gasteiger partial charge in [0.15, 0.2) is 0 Å². The monoisotopic (exact) mass is 317 g/mol. The summed E-state index contributed by atoms with van der Waals surface area (Å²) in [4.78, 5) is 14.0. The fourth-order valence-electron chi connectivity index (χ4n) is 3.22. The maximum atomic E-state index is 11.6. The molecule has 6 heteroatoms. The fraction of sp³-hybridized carbons (Fsp3) is 0.529. The molecule has 0 spiro atoms. The van der Waals surface area contributed by atoms with Crippen molar-refractivity contribution in [3.63, 3.8) is 0 Å². The Hall–Kier alpha value is -2.08. The summed E-state index contributed by atoms with van der Waals surface area (Å²) in [6.07, 6.45) is 6.32. The zero-order valence-corrected chi connectivity index (χ0v) is 13.9. The van der Waals surface area contributed by atoms with Crippen molar-refractivity contribution in [1.29, 1.82) is 0 Å². The molecule has 1 fully saturated rings. The largest absolute Gasteiger partial charge is 0.463 e. The first-order valence-electron chi connectivity index (χ1n) is 7.95. The van der Waals surface area contributed by atoms with E-state index in [9.17, 15) is 4.79 Å².